The average Bonchev–Trinajstić information content (AvgIpc) is 2.00. The van der Waals surface area contributed by atoms with Gasteiger partial charge < -0.3 is 15.6 Å². The van der Waals surface area contributed by atoms with Crippen LogP contribution in [0.5, 0.6) is 0 Å². The Balaban J connectivity index is 2.68. The molecule has 3 N–H and O–H groups in total. The first-order chi connectivity index (χ1) is 5.90. The van der Waals surface area contributed by atoms with Crippen molar-refractivity contribution in [1.29, 1.82) is 0 Å². The van der Waals surface area contributed by atoms with Crippen molar-refractivity contribution < 1.29 is 9.84 Å². The Labute approximate surface area is 80.3 Å². The molecule has 0 bridgehead atoms. The fraction of sp³-hybridized carbons (Fsp3) is 1.00. The van der Waals surface area contributed by atoms with Gasteiger partial charge in [-0.05, 0) is 32.7 Å². The highest BCUT2D eigenvalue weighted by molar-refractivity contribution is 4.93. The highest BCUT2D eigenvalue weighted by Gasteiger charge is 2.42. The zero-order valence-electron chi connectivity index (χ0n) is 8.84. The fourth-order valence-electron chi connectivity index (χ4n) is 2.02. The Kier molecular flexibility index (Phi) is 3.00. The van der Waals surface area contributed by atoms with E-state index in [1.807, 2.05) is 20.8 Å². The molecule has 3 heteroatoms. The van der Waals surface area contributed by atoms with Crippen LogP contribution in [-0.2, 0) is 4.74 Å². The van der Waals surface area contributed by atoms with Gasteiger partial charge in [-0.25, -0.2) is 0 Å². The molecule has 0 spiro atoms. The second kappa shape index (κ2) is 3.56. The van der Waals surface area contributed by atoms with Crippen LogP contribution in [0.3, 0.4) is 0 Å². The predicted molar refractivity (Wildman–Crippen MR) is 52.4 cm³/mol. The molecule has 0 amide bonds. The summed E-state index contributed by atoms with van der Waals surface area (Å²) in [6.07, 6.45) is 1.38. The summed E-state index contributed by atoms with van der Waals surface area (Å²) >= 11 is 0. The maximum absolute atomic E-state index is 10.3. The fourth-order valence-corrected chi connectivity index (χ4v) is 2.02. The van der Waals surface area contributed by atoms with Crippen LogP contribution >= 0.6 is 0 Å². The summed E-state index contributed by atoms with van der Waals surface area (Å²) in [6.45, 7) is 7.20. The number of aliphatic hydroxyl groups is 1. The molecule has 3 nitrogen and oxygen atoms in total. The molecule has 78 valence electrons. The van der Waals surface area contributed by atoms with Crippen LogP contribution in [0, 0.1) is 5.92 Å². The molecule has 1 aliphatic heterocycles. The Bertz CT molecular complexity index is 182. The van der Waals surface area contributed by atoms with Gasteiger partial charge in [0.1, 0.15) is 0 Å². The van der Waals surface area contributed by atoms with Crippen LogP contribution in [0.2, 0.25) is 0 Å². The van der Waals surface area contributed by atoms with Gasteiger partial charge >= 0.3 is 0 Å². The topological polar surface area (TPSA) is 55.5 Å². The molecule has 0 aromatic rings. The molecule has 2 unspecified atom stereocenters. The highest BCUT2D eigenvalue weighted by atomic mass is 16.5. The van der Waals surface area contributed by atoms with E-state index in [4.69, 9.17) is 10.5 Å². The third-order valence-electron chi connectivity index (χ3n) is 3.03. The van der Waals surface area contributed by atoms with E-state index < -0.39 is 5.60 Å². The Morgan fingerprint density at radius 3 is 2.62 bits per heavy atom. The van der Waals surface area contributed by atoms with Crippen LogP contribution in [-0.4, -0.2) is 29.5 Å². The van der Waals surface area contributed by atoms with Crippen molar-refractivity contribution in [2.45, 2.75) is 44.8 Å². The first kappa shape index (κ1) is 11.0. The second-order valence-electron chi connectivity index (χ2n) is 4.78. The van der Waals surface area contributed by atoms with E-state index in [0.717, 1.165) is 0 Å². The summed E-state index contributed by atoms with van der Waals surface area (Å²) in [5.74, 6) is 0.149. The molecule has 0 aromatic heterocycles. The molecule has 1 saturated heterocycles. The third kappa shape index (κ3) is 2.42. The standard InChI is InChI=1S/C10H21NO2/c1-8(6-11)10(12)4-5-13-9(2,3)7-10/h8,12H,4-7,11H2,1-3H3. The smallest absolute Gasteiger partial charge is 0.0734 e. The second-order valence-corrected chi connectivity index (χ2v) is 4.78. The summed E-state index contributed by atoms with van der Waals surface area (Å²) in [6, 6.07) is 0. The summed E-state index contributed by atoms with van der Waals surface area (Å²) < 4.78 is 5.55. The molecule has 1 rings (SSSR count). The summed E-state index contributed by atoms with van der Waals surface area (Å²) in [5.41, 5.74) is 4.74. The minimum absolute atomic E-state index is 0.149. The quantitative estimate of drug-likeness (QED) is 0.675. The van der Waals surface area contributed by atoms with Gasteiger partial charge in [-0.2, -0.15) is 0 Å². The molecule has 0 saturated carbocycles. The molecule has 0 radical (unpaired) electrons. The molecule has 0 aliphatic carbocycles. The van der Waals surface area contributed by atoms with Crippen LogP contribution in [0.1, 0.15) is 33.6 Å². The normalized spacial score (nSPS) is 35.8. The highest BCUT2D eigenvalue weighted by Crippen LogP contribution is 2.36. The van der Waals surface area contributed by atoms with E-state index in [1.54, 1.807) is 0 Å². The van der Waals surface area contributed by atoms with Crippen molar-refractivity contribution in [1.82, 2.24) is 0 Å². The van der Waals surface area contributed by atoms with Gasteiger partial charge in [0.2, 0.25) is 0 Å². The molecule has 13 heavy (non-hydrogen) atoms. The first-order valence-corrected chi connectivity index (χ1v) is 4.96. The van der Waals surface area contributed by atoms with Crippen LogP contribution < -0.4 is 5.73 Å². The number of ether oxygens (including phenoxy) is 1. The number of nitrogens with two attached hydrogens (primary N) is 1. The number of hydrogen-bond donors (Lipinski definition) is 2. The predicted octanol–water partition coefficient (Wildman–Crippen LogP) is 0.901. The molecular weight excluding hydrogens is 166 g/mol. The largest absolute Gasteiger partial charge is 0.389 e. The zero-order chi connectivity index (χ0) is 10.1. The van der Waals surface area contributed by atoms with E-state index in [0.29, 0.717) is 26.0 Å². The van der Waals surface area contributed by atoms with Gasteiger partial charge in [-0.3, -0.25) is 0 Å². The van der Waals surface area contributed by atoms with E-state index >= 15 is 0 Å². The monoisotopic (exact) mass is 187 g/mol. The van der Waals surface area contributed by atoms with E-state index in [1.165, 1.54) is 0 Å². The maximum atomic E-state index is 10.3. The average molecular weight is 187 g/mol. The van der Waals surface area contributed by atoms with Crippen molar-refractivity contribution in [3.05, 3.63) is 0 Å². The van der Waals surface area contributed by atoms with E-state index in [9.17, 15) is 5.11 Å². The van der Waals surface area contributed by atoms with Crippen molar-refractivity contribution in [2.24, 2.45) is 11.7 Å². The molecule has 0 aromatic carbocycles. The van der Waals surface area contributed by atoms with Crippen LogP contribution in [0.4, 0.5) is 0 Å². The van der Waals surface area contributed by atoms with E-state index in [-0.39, 0.29) is 11.5 Å². The minimum Gasteiger partial charge on any atom is -0.389 e. The van der Waals surface area contributed by atoms with Crippen molar-refractivity contribution in [3.63, 3.8) is 0 Å². The molecule has 1 heterocycles. The van der Waals surface area contributed by atoms with Gasteiger partial charge in [0, 0.05) is 6.42 Å². The summed E-state index contributed by atoms with van der Waals surface area (Å²) in [4.78, 5) is 0. The summed E-state index contributed by atoms with van der Waals surface area (Å²) in [7, 11) is 0. The van der Waals surface area contributed by atoms with E-state index in [2.05, 4.69) is 0 Å². The van der Waals surface area contributed by atoms with Crippen molar-refractivity contribution in [3.8, 4) is 0 Å². The van der Waals surface area contributed by atoms with Gasteiger partial charge in [0.15, 0.2) is 0 Å². The van der Waals surface area contributed by atoms with Crippen LogP contribution in [0.15, 0.2) is 0 Å². The van der Waals surface area contributed by atoms with Crippen LogP contribution in [0.25, 0.3) is 0 Å². The number of rotatable bonds is 2. The van der Waals surface area contributed by atoms with Gasteiger partial charge in [0.05, 0.1) is 17.8 Å². The molecular formula is C10H21NO2. The Morgan fingerprint density at radius 2 is 2.15 bits per heavy atom. The maximum Gasteiger partial charge on any atom is 0.0734 e. The van der Waals surface area contributed by atoms with Gasteiger partial charge in [-0.1, -0.05) is 6.92 Å². The lowest BCUT2D eigenvalue weighted by Crippen LogP contribution is -2.51. The number of hydrogen-bond acceptors (Lipinski definition) is 3. The lowest BCUT2D eigenvalue weighted by molar-refractivity contribution is -0.161. The Morgan fingerprint density at radius 1 is 1.54 bits per heavy atom. The lowest BCUT2D eigenvalue weighted by Gasteiger charge is -2.44. The molecule has 1 aliphatic rings. The Hall–Kier alpha value is -0.120. The van der Waals surface area contributed by atoms with Gasteiger partial charge in [0.25, 0.3) is 0 Å². The van der Waals surface area contributed by atoms with Crippen molar-refractivity contribution >= 4 is 0 Å². The zero-order valence-corrected chi connectivity index (χ0v) is 8.84. The van der Waals surface area contributed by atoms with Gasteiger partial charge in [-0.15, -0.1) is 0 Å². The SMILES string of the molecule is CC(CN)C1(O)CCOC(C)(C)C1. The third-order valence-corrected chi connectivity index (χ3v) is 3.03. The lowest BCUT2D eigenvalue weighted by atomic mass is 9.76. The van der Waals surface area contributed by atoms with Crippen molar-refractivity contribution in [2.75, 3.05) is 13.2 Å². The summed E-state index contributed by atoms with van der Waals surface area (Å²) in [5, 5.41) is 10.3. The first-order valence-electron chi connectivity index (χ1n) is 4.96. The molecule has 2 atom stereocenters. The minimum atomic E-state index is -0.628. The molecule has 1 fully saturated rings.